The first kappa shape index (κ1) is 7.21. The van der Waals surface area contributed by atoms with Gasteiger partial charge in [0.2, 0.25) is 0 Å². The van der Waals surface area contributed by atoms with E-state index in [1.807, 2.05) is 13.0 Å². The van der Waals surface area contributed by atoms with E-state index in [4.69, 9.17) is 11.6 Å². The molecule has 0 fully saturated rings. The molecule has 0 saturated heterocycles. The molecule has 5 heteroatoms. The van der Waals surface area contributed by atoms with Gasteiger partial charge in [0.15, 0.2) is 6.33 Å². The average molecular weight is 159 g/mol. The molecule has 0 aliphatic heterocycles. The number of allylic oxidation sites excluding steroid dienone is 2. The Balaban J connectivity index is 2.77. The first-order chi connectivity index (χ1) is 4.84. The highest BCUT2D eigenvalue weighted by Gasteiger charge is 1.92. The molecule has 0 amide bonds. The second-order valence-corrected chi connectivity index (χ2v) is 2.03. The van der Waals surface area contributed by atoms with Gasteiger partial charge < -0.3 is 0 Å². The van der Waals surface area contributed by atoms with Crippen LogP contribution in [0.2, 0.25) is 0 Å². The molecule has 4 nitrogen and oxygen atoms in total. The normalized spacial score (nSPS) is 12.0. The van der Waals surface area contributed by atoms with Gasteiger partial charge in [0.05, 0.1) is 5.70 Å². The summed E-state index contributed by atoms with van der Waals surface area (Å²) in [7, 11) is 0. The van der Waals surface area contributed by atoms with Gasteiger partial charge in [-0.3, -0.25) is 0 Å². The van der Waals surface area contributed by atoms with Gasteiger partial charge in [0, 0.05) is 5.88 Å². The molecule has 54 valence electrons. The summed E-state index contributed by atoms with van der Waals surface area (Å²) in [5.41, 5.74) is 0.882. The maximum absolute atomic E-state index is 5.45. The van der Waals surface area contributed by atoms with Crippen LogP contribution >= 0.6 is 11.6 Å². The monoisotopic (exact) mass is 158 g/mol. The van der Waals surface area contributed by atoms with Crippen molar-refractivity contribution in [2.24, 2.45) is 0 Å². The van der Waals surface area contributed by atoms with Crippen LogP contribution in [-0.4, -0.2) is 26.1 Å². The van der Waals surface area contributed by atoms with Gasteiger partial charge in [-0.1, -0.05) is 0 Å². The summed E-state index contributed by atoms with van der Waals surface area (Å²) in [5.74, 6) is 0.466. The van der Waals surface area contributed by atoms with Crippen molar-refractivity contribution < 1.29 is 0 Å². The van der Waals surface area contributed by atoms with Gasteiger partial charge in [0.25, 0.3) is 0 Å². The van der Waals surface area contributed by atoms with Crippen LogP contribution in [-0.2, 0) is 0 Å². The summed E-state index contributed by atoms with van der Waals surface area (Å²) in [4.78, 5) is 1.42. The van der Waals surface area contributed by atoms with Gasteiger partial charge in [-0.15, -0.1) is 26.6 Å². The highest BCUT2D eigenvalue weighted by Crippen LogP contribution is 1.96. The molecule has 1 heterocycles. The van der Waals surface area contributed by atoms with Crippen molar-refractivity contribution in [1.82, 2.24) is 20.2 Å². The van der Waals surface area contributed by atoms with Crippen LogP contribution in [0.5, 0.6) is 0 Å². The number of alkyl halides is 1. The molecule has 10 heavy (non-hydrogen) atoms. The number of tetrazole rings is 1. The van der Waals surface area contributed by atoms with Crippen LogP contribution in [0.1, 0.15) is 6.92 Å². The van der Waals surface area contributed by atoms with Crippen molar-refractivity contribution in [3.05, 3.63) is 12.4 Å². The predicted molar refractivity (Wildman–Crippen MR) is 38.5 cm³/mol. The van der Waals surface area contributed by atoms with E-state index in [1.54, 1.807) is 0 Å². The van der Waals surface area contributed by atoms with E-state index in [9.17, 15) is 0 Å². The number of hydrogen-bond donors (Lipinski definition) is 0. The summed E-state index contributed by atoms with van der Waals surface area (Å²) in [5, 5.41) is 11.0. The van der Waals surface area contributed by atoms with Gasteiger partial charge in [0.1, 0.15) is 0 Å². The Morgan fingerprint density at radius 2 is 2.60 bits per heavy atom. The molecule has 1 aromatic rings. The average Bonchev–Trinajstić information content (AvgIpc) is 2.38. The Morgan fingerprint density at radius 3 is 3.10 bits per heavy atom. The van der Waals surface area contributed by atoms with Crippen LogP contribution in [0, 0.1) is 0 Å². The number of aromatic nitrogens is 4. The molecular weight excluding hydrogens is 152 g/mol. The van der Waals surface area contributed by atoms with Crippen LogP contribution in [0.3, 0.4) is 0 Å². The molecule has 0 bridgehead atoms. The summed E-state index contributed by atoms with van der Waals surface area (Å²) in [6, 6.07) is 0. The minimum absolute atomic E-state index is 0.466. The Hall–Kier alpha value is -0.900. The number of hydrogen-bond acceptors (Lipinski definition) is 3. The lowest BCUT2D eigenvalue weighted by Gasteiger charge is -1.93. The van der Waals surface area contributed by atoms with E-state index < -0.39 is 0 Å². The second-order valence-electron chi connectivity index (χ2n) is 1.73. The molecule has 0 aliphatic rings. The summed E-state index contributed by atoms with van der Waals surface area (Å²) in [6.07, 6.45) is 3.19. The summed E-state index contributed by atoms with van der Waals surface area (Å²) < 4.78 is 0. The largest absolute Gasteiger partial charge is 0.162 e. The number of halogens is 1. The lowest BCUT2D eigenvalue weighted by Crippen LogP contribution is -1.98. The zero-order valence-corrected chi connectivity index (χ0v) is 6.28. The lowest BCUT2D eigenvalue weighted by molar-refractivity contribution is 0.731. The predicted octanol–water partition coefficient (Wildman–Crippen LogP) is 0.773. The van der Waals surface area contributed by atoms with E-state index in [0.29, 0.717) is 5.88 Å². The molecule has 1 aromatic heterocycles. The van der Waals surface area contributed by atoms with Crippen LogP contribution in [0.4, 0.5) is 0 Å². The van der Waals surface area contributed by atoms with E-state index in [2.05, 4.69) is 15.4 Å². The fourth-order valence-electron chi connectivity index (χ4n) is 0.522. The smallest absolute Gasteiger partial charge is 0.136 e. The van der Waals surface area contributed by atoms with Crippen molar-refractivity contribution in [2.75, 3.05) is 5.88 Å². The quantitative estimate of drug-likeness (QED) is 0.598. The SMILES string of the molecule is CC(=CCCl)n1ncnn1. The van der Waals surface area contributed by atoms with Crippen LogP contribution in [0.25, 0.3) is 5.70 Å². The third kappa shape index (κ3) is 1.54. The minimum Gasteiger partial charge on any atom is -0.136 e. The maximum atomic E-state index is 5.45. The first-order valence-electron chi connectivity index (χ1n) is 2.80. The fraction of sp³-hybridized carbons (Fsp3) is 0.400. The van der Waals surface area contributed by atoms with Gasteiger partial charge in [-0.25, -0.2) is 0 Å². The van der Waals surface area contributed by atoms with Gasteiger partial charge >= 0.3 is 0 Å². The highest BCUT2D eigenvalue weighted by molar-refractivity contribution is 6.19. The molecule has 0 N–H and O–H groups in total. The van der Waals surface area contributed by atoms with Gasteiger partial charge in [-0.2, -0.15) is 0 Å². The lowest BCUT2D eigenvalue weighted by atomic mass is 10.5. The third-order valence-electron chi connectivity index (χ3n) is 1.04. The van der Waals surface area contributed by atoms with E-state index in [-0.39, 0.29) is 0 Å². The molecule has 0 aromatic carbocycles. The van der Waals surface area contributed by atoms with E-state index >= 15 is 0 Å². The second kappa shape index (κ2) is 3.31. The molecule has 0 radical (unpaired) electrons. The molecular formula is C5H7ClN4. The van der Waals surface area contributed by atoms with Crippen LogP contribution in [0.15, 0.2) is 12.4 Å². The van der Waals surface area contributed by atoms with Gasteiger partial charge in [-0.05, 0) is 18.2 Å². The molecule has 0 spiro atoms. The number of nitrogens with zero attached hydrogens (tertiary/aromatic N) is 4. The fourth-order valence-corrected chi connectivity index (χ4v) is 0.745. The summed E-state index contributed by atoms with van der Waals surface area (Å²) in [6.45, 7) is 1.87. The third-order valence-corrected chi connectivity index (χ3v) is 1.19. The van der Waals surface area contributed by atoms with Crippen molar-refractivity contribution in [3.63, 3.8) is 0 Å². The Bertz CT molecular complexity index is 216. The molecule has 0 aliphatic carbocycles. The topological polar surface area (TPSA) is 43.6 Å². The van der Waals surface area contributed by atoms with Crippen molar-refractivity contribution in [2.45, 2.75) is 6.92 Å². The van der Waals surface area contributed by atoms with Crippen molar-refractivity contribution >= 4 is 17.3 Å². The Kier molecular flexibility index (Phi) is 2.39. The van der Waals surface area contributed by atoms with Crippen LogP contribution < -0.4 is 0 Å². The molecule has 0 atom stereocenters. The van der Waals surface area contributed by atoms with Crippen molar-refractivity contribution in [3.8, 4) is 0 Å². The molecule has 0 unspecified atom stereocenters. The molecule has 1 rings (SSSR count). The first-order valence-corrected chi connectivity index (χ1v) is 3.34. The minimum atomic E-state index is 0.466. The standard InChI is InChI=1S/C5H7ClN4/c1-5(2-3-6)10-8-4-7-9-10/h2,4H,3H2,1H3. The zero-order chi connectivity index (χ0) is 7.40. The zero-order valence-electron chi connectivity index (χ0n) is 5.53. The van der Waals surface area contributed by atoms with E-state index in [1.165, 1.54) is 11.1 Å². The van der Waals surface area contributed by atoms with E-state index in [0.717, 1.165) is 5.70 Å². The molecule has 0 saturated carbocycles. The maximum Gasteiger partial charge on any atom is 0.162 e. The Labute approximate surface area is 63.5 Å². The summed E-state index contributed by atoms with van der Waals surface area (Å²) >= 11 is 5.45. The Morgan fingerprint density at radius 1 is 1.80 bits per heavy atom. The van der Waals surface area contributed by atoms with Crippen molar-refractivity contribution in [1.29, 1.82) is 0 Å². The highest BCUT2D eigenvalue weighted by atomic mass is 35.5. The number of rotatable bonds is 2.